The lowest BCUT2D eigenvalue weighted by molar-refractivity contribution is 0.0452. The number of ether oxygens (including phenoxy) is 1. The smallest absolute Gasteiger partial charge is 0.359 e. The first kappa shape index (κ1) is 19.4. The first-order valence-corrected chi connectivity index (χ1v) is 10.8. The number of esters is 1. The highest BCUT2D eigenvalue weighted by Crippen LogP contribution is 2.28. The summed E-state index contributed by atoms with van der Waals surface area (Å²) in [5, 5.41) is 13.5. The molecule has 0 saturated heterocycles. The van der Waals surface area contributed by atoms with E-state index < -0.39 is 5.97 Å². The number of carbonyl (C=O) groups excluding carboxylic acids is 1. The fourth-order valence-corrected chi connectivity index (χ4v) is 4.57. The molecule has 9 nitrogen and oxygen atoms in total. The number of carbonyl (C=O) groups is 1. The number of fused-ring (bicyclic) bond motifs is 4. The molecule has 0 N–H and O–H groups in total. The zero-order chi connectivity index (χ0) is 22.5. The summed E-state index contributed by atoms with van der Waals surface area (Å²) in [5.74, 6) is 0.331. The molecule has 0 amide bonds. The summed E-state index contributed by atoms with van der Waals surface area (Å²) in [5.41, 5.74) is 3.78. The first-order chi connectivity index (χ1) is 16.1. The van der Waals surface area contributed by atoms with Gasteiger partial charge in [0.1, 0.15) is 0 Å². The largest absolute Gasteiger partial charge is 0.453 e. The molecule has 33 heavy (non-hydrogen) atoms. The van der Waals surface area contributed by atoms with Crippen molar-refractivity contribution in [3.8, 4) is 5.69 Å². The molecule has 0 bridgehead atoms. The standard InChI is InChI=1S/C24H20N6O3/c1-28-22(31)17-10-5-6-12-18(17)29-20(25-26-24(28)29)14-33-23(32)21-16-11-7-13-19(16)30(27-21)15-8-3-2-4-9-15/h2-6,8-10,12H,7,11,13-14H2,1H3. The second-order valence-corrected chi connectivity index (χ2v) is 8.08. The second kappa shape index (κ2) is 7.40. The lowest BCUT2D eigenvalue weighted by Crippen LogP contribution is -2.20. The van der Waals surface area contributed by atoms with Crippen LogP contribution in [0.3, 0.4) is 0 Å². The molecule has 0 atom stereocenters. The van der Waals surface area contributed by atoms with Gasteiger partial charge in [0.25, 0.3) is 5.56 Å². The van der Waals surface area contributed by atoms with Gasteiger partial charge in [0, 0.05) is 18.3 Å². The molecule has 1 aliphatic rings. The van der Waals surface area contributed by atoms with Gasteiger partial charge in [0.2, 0.25) is 5.78 Å². The lowest BCUT2D eigenvalue weighted by Gasteiger charge is -2.08. The molecule has 9 heteroatoms. The van der Waals surface area contributed by atoms with Crippen LogP contribution in [0.1, 0.15) is 34.0 Å². The molecular weight excluding hydrogens is 420 g/mol. The molecule has 0 unspecified atom stereocenters. The van der Waals surface area contributed by atoms with Crippen LogP contribution in [0.15, 0.2) is 59.4 Å². The third-order valence-electron chi connectivity index (χ3n) is 6.15. The molecule has 164 valence electrons. The van der Waals surface area contributed by atoms with E-state index in [-0.39, 0.29) is 12.2 Å². The van der Waals surface area contributed by atoms with Gasteiger partial charge < -0.3 is 4.74 Å². The molecule has 2 aromatic carbocycles. The van der Waals surface area contributed by atoms with Crippen molar-refractivity contribution in [2.45, 2.75) is 25.9 Å². The number of aromatic nitrogens is 6. The number of nitrogens with zero attached hydrogens (tertiary/aromatic N) is 6. The van der Waals surface area contributed by atoms with Crippen LogP contribution in [0.2, 0.25) is 0 Å². The summed E-state index contributed by atoms with van der Waals surface area (Å²) >= 11 is 0. The van der Waals surface area contributed by atoms with E-state index in [9.17, 15) is 9.59 Å². The van der Waals surface area contributed by atoms with Crippen molar-refractivity contribution in [1.29, 1.82) is 0 Å². The number of hydrogen-bond donors (Lipinski definition) is 0. The van der Waals surface area contributed by atoms with Crippen molar-refractivity contribution < 1.29 is 9.53 Å². The monoisotopic (exact) mass is 440 g/mol. The predicted octanol–water partition coefficient (Wildman–Crippen LogP) is 2.61. The van der Waals surface area contributed by atoms with Gasteiger partial charge >= 0.3 is 5.97 Å². The van der Waals surface area contributed by atoms with Crippen LogP contribution >= 0.6 is 0 Å². The molecule has 3 aromatic heterocycles. The number of hydrogen-bond acceptors (Lipinski definition) is 6. The second-order valence-electron chi connectivity index (χ2n) is 8.08. The summed E-state index contributed by atoms with van der Waals surface area (Å²) in [6.45, 7) is -0.0881. The van der Waals surface area contributed by atoms with Crippen molar-refractivity contribution in [3.05, 3.63) is 87.7 Å². The molecular formula is C24H20N6O3. The highest BCUT2D eigenvalue weighted by Gasteiger charge is 2.28. The van der Waals surface area contributed by atoms with Crippen LogP contribution in [0, 0.1) is 0 Å². The van der Waals surface area contributed by atoms with Crippen molar-refractivity contribution >= 4 is 22.6 Å². The topological polar surface area (TPSA) is 96.3 Å². The Hall–Kier alpha value is -4.27. The van der Waals surface area contributed by atoms with Gasteiger partial charge in [-0.2, -0.15) is 5.10 Å². The van der Waals surface area contributed by atoms with E-state index in [1.807, 2.05) is 53.2 Å². The van der Waals surface area contributed by atoms with E-state index in [0.29, 0.717) is 28.2 Å². The van der Waals surface area contributed by atoms with Crippen LogP contribution in [0.4, 0.5) is 0 Å². The summed E-state index contributed by atoms with van der Waals surface area (Å²) in [6.07, 6.45) is 2.65. The number of aryl methyl sites for hydroxylation is 1. The quantitative estimate of drug-likeness (QED) is 0.399. The molecule has 0 spiro atoms. The van der Waals surface area contributed by atoms with Crippen LogP contribution in [-0.4, -0.2) is 34.9 Å². The van der Waals surface area contributed by atoms with Gasteiger partial charge in [0.05, 0.1) is 16.6 Å². The van der Waals surface area contributed by atoms with Gasteiger partial charge in [-0.05, 0) is 43.5 Å². The van der Waals surface area contributed by atoms with Crippen molar-refractivity contribution in [3.63, 3.8) is 0 Å². The minimum Gasteiger partial charge on any atom is -0.453 e. The zero-order valence-corrected chi connectivity index (χ0v) is 17.9. The Balaban J connectivity index is 1.35. The summed E-state index contributed by atoms with van der Waals surface area (Å²) in [4.78, 5) is 25.7. The molecule has 0 radical (unpaired) electrons. The average Bonchev–Trinajstić information content (AvgIpc) is 3.57. The van der Waals surface area contributed by atoms with Crippen molar-refractivity contribution in [1.82, 2.24) is 28.9 Å². The Kier molecular flexibility index (Phi) is 4.36. The van der Waals surface area contributed by atoms with Crippen LogP contribution < -0.4 is 5.56 Å². The van der Waals surface area contributed by atoms with E-state index in [4.69, 9.17) is 4.74 Å². The molecule has 3 heterocycles. The fraction of sp³-hybridized carbons (Fsp3) is 0.208. The van der Waals surface area contributed by atoms with E-state index >= 15 is 0 Å². The van der Waals surface area contributed by atoms with Crippen molar-refractivity contribution in [2.24, 2.45) is 7.05 Å². The average molecular weight is 440 g/mol. The van der Waals surface area contributed by atoms with Crippen molar-refractivity contribution in [2.75, 3.05) is 0 Å². The maximum atomic E-state index is 13.1. The minimum absolute atomic E-state index is 0.0881. The fourth-order valence-electron chi connectivity index (χ4n) is 4.57. The lowest BCUT2D eigenvalue weighted by atomic mass is 10.2. The number of rotatable bonds is 4. The number of benzene rings is 2. The Bertz CT molecular complexity index is 1600. The third kappa shape index (κ3) is 2.96. The zero-order valence-electron chi connectivity index (χ0n) is 17.9. The maximum Gasteiger partial charge on any atom is 0.359 e. The van der Waals surface area contributed by atoms with E-state index in [2.05, 4.69) is 15.3 Å². The molecule has 1 aliphatic carbocycles. The Morgan fingerprint density at radius 1 is 1.03 bits per heavy atom. The molecule has 0 fully saturated rings. The maximum absolute atomic E-state index is 13.1. The van der Waals surface area contributed by atoms with Crippen LogP contribution in [-0.2, 0) is 31.2 Å². The highest BCUT2D eigenvalue weighted by molar-refractivity contribution is 5.89. The van der Waals surface area contributed by atoms with Gasteiger partial charge in [-0.3, -0.25) is 13.8 Å². The SMILES string of the molecule is Cn1c(=O)c2ccccc2n2c(COC(=O)c3nn(-c4ccccc4)c4c3CCC4)nnc12. The van der Waals surface area contributed by atoms with Crippen LogP contribution in [0.25, 0.3) is 22.4 Å². The number of para-hydroxylation sites is 2. The summed E-state index contributed by atoms with van der Waals surface area (Å²) in [6, 6.07) is 17.0. The molecule has 6 rings (SSSR count). The van der Waals surface area contributed by atoms with Gasteiger partial charge in [-0.25, -0.2) is 9.48 Å². The Labute approximate surface area is 187 Å². The first-order valence-electron chi connectivity index (χ1n) is 10.8. The van der Waals surface area contributed by atoms with Gasteiger partial charge in [-0.15, -0.1) is 10.2 Å². The highest BCUT2D eigenvalue weighted by atomic mass is 16.5. The normalized spacial score (nSPS) is 13.0. The third-order valence-corrected chi connectivity index (χ3v) is 6.15. The van der Waals surface area contributed by atoms with E-state index in [1.165, 1.54) is 4.57 Å². The Morgan fingerprint density at radius 2 is 1.82 bits per heavy atom. The molecule has 5 aromatic rings. The van der Waals surface area contributed by atoms with Crippen LogP contribution in [0.5, 0.6) is 0 Å². The summed E-state index contributed by atoms with van der Waals surface area (Å²) in [7, 11) is 1.65. The Morgan fingerprint density at radius 3 is 2.67 bits per heavy atom. The summed E-state index contributed by atoms with van der Waals surface area (Å²) < 4.78 is 10.7. The van der Waals surface area contributed by atoms with Gasteiger partial charge in [0.15, 0.2) is 18.1 Å². The van der Waals surface area contributed by atoms with E-state index in [0.717, 1.165) is 36.2 Å². The molecule has 0 saturated carbocycles. The molecule has 0 aliphatic heterocycles. The van der Waals surface area contributed by atoms with E-state index in [1.54, 1.807) is 17.5 Å². The van der Waals surface area contributed by atoms with Gasteiger partial charge in [-0.1, -0.05) is 30.3 Å². The minimum atomic E-state index is -0.492. The predicted molar refractivity (Wildman–Crippen MR) is 120 cm³/mol.